The van der Waals surface area contributed by atoms with E-state index in [4.69, 9.17) is 5.73 Å². The normalized spacial score (nSPS) is 11.1. The van der Waals surface area contributed by atoms with E-state index in [0.717, 1.165) is 0 Å². The predicted molar refractivity (Wildman–Crippen MR) is 103 cm³/mol. The third kappa shape index (κ3) is 2.98. The molecule has 4 rings (SSSR count). The number of rotatable bonds is 5. The van der Waals surface area contributed by atoms with Crippen LogP contribution in [0.5, 0.6) is 0 Å². The molecule has 22 nitrogen and oxygen atoms in total. The van der Waals surface area contributed by atoms with Gasteiger partial charge in [0.1, 0.15) is 0 Å². The van der Waals surface area contributed by atoms with Gasteiger partial charge in [0, 0.05) is 0 Å². The molecule has 0 spiro atoms. The van der Waals surface area contributed by atoms with Gasteiger partial charge in [-0.2, -0.15) is 0 Å². The van der Waals surface area contributed by atoms with Crippen molar-refractivity contribution in [3.63, 3.8) is 0 Å². The second-order valence-corrected chi connectivity index (χ2v) is 6.05. The van der Waals surface area contributed by atoms with Crippen molar-refractivity contribution in [2.24, 2.45) is 0 Å². The molecule has 0 atom stereocenters. The maximum atomic E-state index is 11.3. The van der Waals surface area contributed by atoms with Crippen LogP contribution in [0.2, 0.25) is 0 Å². The molecule has 0 fully saturated rings. The lowest BCUT2D eigenvalue weighted by atomic mass is 10.2. The van der Waals surface area contributed by atoms with Crippen molar-refractivity contribution in [3.8, 4) is 0 Å². The number of nitrogens with zero attached hydrogens (tertiary/aromatic N) is 11. The molecule has 4 aromatic rings. The van der Waals surface area contributed by atoms with Gasteiger partial charge in [-0.3, -0.25) is 0 Å². The maximum absolute atomic E-state index is 11.3. The van der Waals surface area contributed by atoms with Crippen LogP contribution in [0.25, 0.3) is 33.1 Å². The molecule has 0 aliphatic heterocycles. The summed E-state index contributed by atoms with van der Waals surface area (Å²) < 4.78 is 0. The fourth-order valence-corrected chi connectivity index (χ4v) is 2.89. The minimum atomic E-state index is -1.42. The number of hydrogen-bond donors (Lipinski definition) is 1. The molecule has 34 heavy (non-hydrogen) atoms. The summed E-state index contributed by atoms with van der Waals surface area (Å²) >= 11 is 0. The minimum absolute atomic E-state index is 0.575. The molecule has 0 saturated heterocycles. The second kappa shape index (κ2) is 7.04. The first-order chi connectivity index (χ1) is 15.9. The Balaban J connectivity index is 2.39. The number of nitrogen functional groups attached to an aromatic ring is 1. The average molecular weight is 474 g/mol. The zero-order valence-corrected chi connectivity index (χ0v) is 15.6. The average Bonchev–Trinajstić information content (AvgIpc) is 2.76. The van der Waals surface area contributed by atoms with Crippen LogP contribution in [0.15, 0.2) is 0 Å². The van der Waals surface area contributed by atoms with Gasteiger partial charge < -0.3 is 56.3 Å². The van der Waals surface area contributed by atoms with Crippen molar-refractivity contribution in [2.45, 2.75) is 0 Å². The Kier molecular flexibility index (Phi) is 4.40. The van der Waals surface area contributed by atoms with Gasteiger partial charge >= 0.3 is 29.1 Å². The topological polar surface area (TPSA) is 319 Å². The van der Waals surface area contributed by atoms with Crippen LogP contribution in [-0.2, 0) is 0 Å². The number of benzene rings is 1. The third-order valence-electron chi connectivity index (χ3n) is 4.16. The molecule has 2 N–H and O–H groups in total. The lowest BCUT2D eigenvalue weighted by Gasteiger charge is -2.01. The number of aromatic nitrogens is 6. The summed E-state index contributed by atoms with van der Waals surface area (Å²) in [7, 11) is 0. The van der Waals surface area contributed by atoms with E-state index >= 15 is 0 Å². The van der Waals surface area contributed by atoms with Gasteiger partial charge in [-0.15, -0.1) is 0 Å². The Labute approximate surface area is 179 Å². The molecular weight excluding hydrogens is 472 g/mol. The van der Waals surface area contributed by atoms with E-state index in [1.807, 2.05) is 0 Å². The first kappa shape index (κ1) is 21.3. The molecule has 0 radical (unpaired) electrons. The smallest absolute Gasteiger partial charge is 0.377 e. The highest BCUT2D eigenvalue weighted by Crippen LogP contribution is 2.37. The van der Waals surface area contributed by atoms with E-state index in [1.54, 1.807) is 0 Å². The molecule has 0 unspecified atom stereocenters. The van der Waals surface area contributed by atoms with Crippen LogP contribution in [0.1, 0.15) is 0 Å². The van der Waals surface area contributed by atoms with Gasteiger partial charge in [-0.05, 0) is 49.5 Å². The van der Waals surface area contributed by atoms with Crippen LogP contribution in [0, 0.1) is 50.6 Å². The molecule has 3 heterocycles. The number of nitro groups is 5. The number of anilines is 1. The minimum Gasteiger partial charge on any atom is -0.377 e. The first-order valence-corrected chi connectivity index (χ1v) is 8.17. The summed E-state index contributed by atoms with van der Waals surface area (Å²) in [5.74, 6) is -7.46. The molecular formula is C12H2N12O10. The Hall–Kier alpha value is -5.96. The van der Waals surface area contributed by atoms with Gasteiger partial charge in [0.2, 0.25) is 5.82 Å². The summed E-state index contributed by atoms with van der Waals surface area (Å²) in [5, 5.41) is 56.5. The van der Waals surface area contributed by atoms with Gasteiger partial charge in [0.15, 0.2) is 5.52 Å². The van der Waals surface area contributed by atoms with Crippen molar-refractivity contribution >= 4 is 68.0 Å². The standard InChI is InChI=1S/C12H2N12O10/c13-7-8(20(25)26)15-2-1(14-7)3-5(18-10(22(29)30)9(16-3)21(27)28)6-4(2)17-11(23(31)32)12(19-6)24(33)34/h(H2,13,14). The van der Waals surface area contributed by atoms with E-state index in [9.17, 15) is 50.6 Å². The largest absolute Gasteiger partial charge is 0.463 e. The molecule has 0 saturated carbocycles. The summed E-state index contributed by atoms with van der Waals surface area (Å²) in [4.78, 5) is 71.6. The van der Waals surface area contributed by atoms with Gasteiger partial charge in [-0.1, -0.05) is 0 Å². The quantitative estimate of drug-likeness (QED) is 0.235. The first-order valence-electron chi connectivity index (χ1n) is 8.17. The molecule has 3 aromatic heterocycles. The highest BCUT2D eigenvalue weighted by molar-refractivity contribution is 6.19. The van der Waals surface area contributed by atoms with Gasteiger partial charge in [0.25, 0.3) is 27.6 Å². The molecule has 0 aliphatic rings. The summed E-state index contributed by atoms with van der Waals surface area (Å²) in [5.41, 5.74) is 1.42. The fraction of sp³-hybridized carbons (Fsp3) is 0. The van der Waals surface area contributed by atoms with Crippen LogP contribution in [-0.4, -0.2) is 54.5 Å². The van der Waals surface area contributed by atoms with Crippen LogP contribution in [0.3, 0.4) is 0 Å². The van der Waals surface area contributed by atoms with Crippen molar-refractivity contribution < 1.29 is 24.6 Å². The summed E-state index contributed by atoms with van der Waals surface area (Å²) in [6, 6.07) is 0. The van der Waals surface area contributed by atoms with Gasteiger partial charge in [-0.25, -0.2) is 4.98 Å². The summed E-state index contributed by atoms with van der Waals surface area (Å²) in [6.45, 7) is 0. The highest BCUT2D eigenvalue weighted by Gasteiger charge is 2.41. The Morgan fingerprint density at radius 1 is 0.412 bits per heavy atom. The molecule has 22 heteroatoms. The molecule has 0 amide bonds. The highest BCUT2D eigenvalue weighted by atomic mass is 16.7. The number of nitrogens with two attached hydrogens (primary N) is 1. The zero-order chi connectivity index (χ0) is 25.1. The van der Waals surface area contributed by atoms with Crippen molar-refractivity contribution in [2.75, 3.05) is 5.73 Å². The van der Waals surface area contributed by atoms with Crippen molar-refractivity contribution in [3.05, 3.63) is 50.6 Å². The number of fused-ring (bicyclic) bond motifs is 6. The lowest BCUT2D eigenvalue weighted by Crippen LogP contribution is -2.08. The fourth-order valence-electron chi connectivity index (χ4n) is 2.89. The van der Waals surface area contributed by atoms with Crippen molar-refractivity contribution in [1.82, 2.24) is 29.9 Å². The molecule has 1 aromatic carbocycles. The van der Waals surface area contributed by atoms with E-state index < -0.39 is 92.6 Å². The summed E-state index contributed by atoms with van der Waals surface area (Å²) in [6.07, 6.45) is 0. The molecule has 170 valence electrons. The van der Waals surface area contributed by atoms with E-state index in [-0.39, 0.29) is 0 Å². The second-order valence-electron chi connectivity index (χ2n) is 6.05. The van der Waals surface area contributed by atoms with Crippen LogP contribution < -0.4 is 5.73 Å². The predicted octanol–water partition coefficient (Wildman–Crippen LogP) is 0.639. The zero-order valence-electron chi connectivity index (χ0n) is 15.6. The molecule has 0 bridgehead atoms. The van der Waals surface area contributed by atoms with Crippen molar-refractivity contribution in [1.29, 1.82) is 0 Å². The van der Waals surface area contributed by atoms with E-state index in [1.165, 1.54) is 0 Å². The van der Waals surface area contributed by atoms with Gasteiger partial charge in [0.05, 0.1) is 0 Å². The lowest BCUT2D eigenvalue weighted by molar-refractivity contribution is -0.428. The number of hydrogen-bond acceptors (Lipinski definition) is 17. The van der Waals surface area contributed by atoms with E-state index in [0.29, 0.717) is 0 Å². The maximum Gasteiger partial charge on any atom is 0.463 e. The van der Waals surface area contributed by atoms with Crippen LogP contribution in [0.4, 0.5) is 34.9 Å². The van der Waals surface area contributed by atoms with Crippen LogP contribution >= 0.6 is 0 Å². The molecule has 0 aliphatic carbocycles. The Morgan fingerprint density at radius 2 is 0.618 bits per heavy atom. The Morgan fingerprint density at radius 3 is 0.853 bits per heavy atom. The Bertz CT molecular complexity index is 1620. The SMILES string of the molecule is Nc1nc2c(nc1[N+](=O)[O-])c1nc([N+](=O)[O-])c([N+](=O)[O-])nc1c1nc([N+](=O)[O-])c([N+](=O)[O-])nc21. The third-order valence-corrected chi connectivity index (χ3v) is 4.16. The monoisotopic (exact) mass is 474 g/mol. The van der Waals surface area contributed by atoms with E-state index in [2.05, 4.69) is 29.9 Å².